The Morgan fingerprint density at radius 2 is 2.19 bits per heavy atom. The molecule has 1 aliphatic heterocycles. The fraction of sp³-hybridized carbons (Fsp3) is 0.600. The molecule has 2 aliphatic rings. The average molecular weight is 359 g/mol. The summed E-state index contributed by atoms with van der Waals surface area (Å²) >= 11 is 0. The third kappa shape index (κ3) is 4.18. The van der Waals surface area contributed by atoms with Crippen LogP contribution in [0.25, 0.3) is 0 Å². The van der Waals surface area contributed by atoms with E-state index in [0.717, 1.165) is 37.9 Å². The van der Waals surface area contributed by atoms with Crippen molar-refractivity contribution >= 4 is 11.8 Å². The zero-order valence-corrected chi connectivity index (χ0v) is 15.5. The van der Waals surface area contributed by atoms with E-state index in [2.05, 4.69) is 16.0 Å². The molecule has 1 saturated carbocycles. The van der Waals surface area contributed by atoms with Crippen molar-refractivity contribution in [2.75, 3.05) is 26.2 Å². The van der Waals surface area contributed by atoms with Gasteiger partial charge < -0.3 is 20.7 Å². The van der Waals surface area contributed by atoms with Crippen molar-refractivity contribution in [1.82, 2.24) is 16.0 Å². The van der Waals surface area contributed by atoms with E-state index in [1.165, 1.54) is 6.42 Å². The van der Waals surface area contributed by atoms with Crippen molar-refractivity contribution in [2.45, 2.75) is 39.2 Å². The molecule has 0 radical (unpaired) electrons. The van der Waals surface area contributed by atoms with Gasteiger partial charge in [-0.3, -0.25) is 9.59 Å². The first-order chi connectivity index (χ1) is 12.6. The lowest BCUT2D eigenvalue weighted by Crippen LogP contribution is -2.47. The second-order valence-electron chi connectivity index (χ2n) is 7.30. The summed E-state index contributed by atoms with van der Waals surface area (Å²) in [5.41, 5.74) is 0.742. The maximum absolute atomic E-state index is 12.9. The van der Waals surface area contributed by atoms with Gasteiger partial charge in [0.15, 0.2) is 6.61 Å². The molecule has 6 nitrogen and oxygen atoms in total. The van der Waals surface area contributed by atoms with Crippen LogP contribution < -0.4 is 20.7 Å². The molecule has 1 aromatic rings. The number of benzene rings is 1. The van der Waals surface area contributed by atoms with Gasteiger partial charge in [0.1, 0.15) is 5.75 Å². The van der Waals surface area contributed by atoms with Gasteiger partial charge in [0.25, 0.3) is 5.91 Å². The van der Waals surface area contributed by atoms with E-state index in [1.54, 1.807) is 0 Å². The van der Waals surface area contributed by atoms with E-state index in [4.69, 9.17) is 4.74 Å². The fourth-order valence-electron chi connectivity index (χ4n) is 4.19. The van der Waals surface area contributed by atoms with Crippen LogP contribution in [0.15, 0.2) is 24.3 Å². The average Bonchev–Trinajstić information content (AvgIpc) is 3.10. The molecule has 3 N–H and O–H groups in total. The highest BCUT2D eigenvalue weighted by molar-refractivity contribution is 5.84. The molecule has 2 amide bonds. The van der Waals surface area contributed by atoms with Gasteiger partial charge in [-0.25, -0.2) is 0 Å². The van der Waals surface area contributed by atoms with Crippen LogP contribution in [0, 0.1) is 11.3 Å². The van der Waals surface area contributed by atoms with Gasteiger partial charge in [0.2, 0.25) is 5.91 Å². The Bertz CT molecular complexity index is 649. The molecule has 1 saturated heterocycles. The number of rotatable bonds is 7. The first kappa shape index (κ1) is 18.7. The van der Waals surface area contributed by atoms with Crippen LogP contribution in [0.3, 0.4) is 0 Å². The lowest BCUT2D eigenvalue weighted by atomic mass is 9.67. The van der Waals surface area contributed by atoms with Crippen LogP contribution in [0.4, 0.5) is 0 Å². The lowest BCUT2D eigenvalue weighted by molar-refractivity contribution is -0.134. The first-order valence-corrected chi connectivity index (χ1v) is 9.61. The van der Waals surface area contributed by atoms with E-state index in [-0.39, 0.29) is 23.8 Å². The molecule has 26 heavy (non-hydrogen) atoms. The van der Waals surface area contributed by atoms with Crippen molar-refractivity contribution in [3.05, 3.63) is 29.8 Å². The highest BCUT2D eigenvalue weighted by atomic mass is 16.5. The van der Waals surface area contributed by atoms with Crippen LogP contribution in [-0.2, 0) is 16.1 Å². The number of nitrogens with one attached hydrogen (secondary N) is 3. The third-order valence-electron chi connectivity index (χ3n) is 5.59. The number of amides is 2. The maximum Gasteiger partial charge on any atom is 0.257 e. The van der Waals surface area contributed by atoms with Gasteiger partial charge >= 0.3 is 0 Å². The summed E-state index contributed by atoms with van der Waals surface area (Å²) in [6.07, 6.45) is 4.48. The zero-order valence-electron chi connectivity index (χ0n) is 15.5. The highest BCUT2D eigenvalue weighted by Crippen LogP contribution is 2.43. The molecule has 0 bridgehead atoms. The standard InChI is InChI=1S/C20H29N3O3/c1-2-22-18(24)13-26-17-8-5-6-15(10-17)11-23-19(25)20-9-4-3-7-16(20)12-21-14-20/h5-6,8,10,16,21H,2-4,7,9,11-14H2,1H3,(H,22,24)(H,23,25)/t16-,20+/m0/s1. The van der Waals surface area contributed by atoms with Crippen molar-refractivity contribution in [3.63, 3.8) is 0 Å². The smallest absolute Gasteiger partial charge is 0.257 e. The largest absolute Gasteiger partial charge is 0.484 e. The van der Waals surface area contributed by atoms with Crippen LogP contribution in [0.2, 0.25) is 0 Å². The van der Waals surface area contributed by atoms with E-state index < -0.39 is 0 Å². The van der Waals surface area contributed by atoms with Gasteiger partial charge in [0.05, 0.1) is 5.41 Å². The number of fused-ring (bicyclic) bond motifs is 1. The normalized spacial score (nSPS) is 24.6. The summed E-state index contributed by atoms with van der Waals surface area (Å²) in [5.74, 6) is 1.13. The van der Waals surface area contributed by atoms with Gasteiger partial charge in [-0.15, -0.1) is 0 Å². The topological polar surface area (TPSA) is 79.5 Å². The summed E-state index contributed by atoms with van der Waals surface area (Å²) in [6, 6.07) is 7.54. The number of carbonyl (C=O) groups excluding carboxylic acids is 2. The zero-order chi connectivity index (χ0) is 18.4. The molecule has 2 atom stereocenters. The number of ether oxygens (including phenoxy) is 1. The number of hydrogen-bond acceptors (Lipinski definition) is 4. The number of likely N-dealkylation sites (N-methyl/N-ethyl adjacent to an activating group) is 1. The predicted molar refractivity (Wildman–Crippen MR) is 99.7 cm³/mol. The molecule has 142 valence electrons. The SMILES string of the molecule is CCNC(=O)COc1cccc(CNC(=O)[C@@]23CCCC[C@H]2CNC3)c1. The van der Waals surface area contributed by atoms with Crippen molar-refractivity contribution in [2.24, 2.45) is 11.3 Å². The number of carbonyl (C=O) groups is 2. The van der Waals surface area contributed by atoms with Crippen LogP contribution in [-0.4, -0.2) is 38.1 Å². The second kappa shape index (κ2) is 8.54. The van der Waals surface area contributed by atoms with E-state index in [0.29, 0.717) is 24.8 Å². The quantitative estimate of drug-likeness (QED) is 0.691. The minimum Gasteiger partial charge on any atom is -0.484 e. The molecule has 2 fully saturated rings. The molecule has 3 rings (SSSR count). The lowest BCUT2D eigenvalue weighted by Gasteiger charge is -2.37. The minimum atomic E-state index is -0.232. The van der Waals surface area contributed by atoms with Crippen molar-refractivity contribution in [3.8, 4) is 5.75 Å². The second-order valence-corrected chi connectivity index (χ2v) is 7.30. The van der Waals surface area contributed by atoms with E-state index in [9.17, 15) is 9.59 Å². The third-order valence-corrected chi connectivity index (χ3v) is 5.59. The van der Waals surface area contributed by atoms with E-state index in [1.807, 2.05) is 31.2 Å². The maximum atomic E-state index is 12.9. The summed E-state index contributed by atoms with van der Waals surface area (Å²) in [5, 5.41) is 9.24. The van der Waals surface area contributed by atoms with Crippen LogP contribution >= 0.6 is 0 Å². The van der Waals surface area contributed by atoms with Crippen molar-refractivity contribution < 1.29 is 14.3 Å². The van der Waals surface area contributed by atoms with Gasteiger partial charge in [-0.2, -0.15) is 0 Å². The molecular weight excluding hydrogens is 330 g/mol. The Hall–Kier alpha value is -2.08. The molecule has 1 aliphatic carbocycles. The molecule has 1 aromatic carbocycles. The fourth-order valence-corrected chi connectivity index (χ4v) is 4.19. The molecule has 0 spiro atoms. The summed E-state index contributed by atoms with van der Waals surface area (Å²) in [6.45, 7) is 4.69. The summed E-state index contributed by atoms with van der Waals surface area (Å²) in [4.78, 5) is 24.4. The monoisotopic (exact) mass is 359 g/mol. The Morgan fingerprint density at radius 1 is 1.31 bits per heavy atom. The Kier molecular flexibility index (Phi) is 6.14. The van der Waals surface area contributed by atoms with Crippen LogP contribution in [0.1, 0.15) is 38.2 Å². The van der Waals surface area contributed by atoms with Gasteiger partial charge in [-0.05, 0) is 49.9 Å². The molecule has 0 aromatic heterocycles. The summed E-state index contributed by atoms with van der Waals surface area (Å²) < 4.78 is 5.52. The van der Waals surface area contributed by atoms with Gasteiger partial charge in [0, 0.05) is 19.6 Å². The first-order valence-electron chi connectivity index (χ1n) is 9.61. The van der Waals surface area contributed by atoms with E-state index >= 15 is 0 Å². The Balaban J connectivity index is 1.55. The van der Waals surface area contributed by atoms with Gasteiger partial charge in [-0.1, -0.05) is 25.0 Å². The minimum absolute atomic E-state index is 0.000112. The predicted octanol–water partition coefficient (Wildman–Crippen LogP) is 1.60. The number of hydrogen-bond donors (Lipinski definition) is 3. The van der Waals surface area contributed by atoms with Crippen LogP contribution in [0.5, 0.6) is 5.75 Å². The molecule has 1 heterocycles. The Labute approximate surface area is 155 Å². The molecular formula is C20H29N3O3. The highest BCUT2D eigenvalue weighted by Gasteiger charge is 2.49. The molecule has 6 heteroatoms. The molecule has 0 unspecified atom stereocenters. The summed E-state index contributed by atoms with van der Waals surface area (Å²) in [7, 11) is 0. The Morgan fingerprint density at radius 3 is 3.04 bits per heavy atom. The van der Waals surface area contributed by atoms with Crippen molar-refractivity contribution in [1.29, 1.82) is 0 Å².